The Balaban J connectivity index is 2.32. The molecule has 9 heteroatoms. The SMILES string of the molecule is Cc1cc(CC(C)Nc2ccc(S(C)(=O)=O)cc2S(C)(=O)=O)n[nH]1. The number of aryl methyl sites for hydroxylation is 1. The molecule has 0 saturated heterocycles. The zero-order valence-electron chi connectivity index (χ0n) is 14.0. The van der Waals surface area contributed by atoms with Crippen molar-refractivity contribution in [3.05, 3.63) is 35.7 Å². The third kappa shape index (κ3) is 4.57. The molecule has 0 fully saturated rings. The molecule has 2 rings (SSSR count). The number of anilines is 1. The van der Waals surface area contributed by atoms with Crippen LogP contribution in [0.5, 0.6) is 0 Å². The second kappa shape index (κ2) is 6.56. The zero-order chi connectivity index (χ0) is 18.1. The fraction of sp³-hybridized carbons (Fsp3) is 0.400. The van der Waals surface area contributed by atoms with Gasteiger partial charge < -0.3 is 5.32 Å². The molecule has 132 valence electrons. The molecular formula is C15H21N3O4S2. The van der Waals surface area contributed by atoms with Crippen LogP contribution in [0.1, 0.15) is 18.3 Å². The molecule has 24 heavy (non-hydrogen) atoms. The van der Waals surface area contributed by atoms with Gasteiger partial charge in [0.15, 0.2) is 19.7 Å². The van der Waals surface area contributed by atoms with E-state index in [1.165, 1.54) is 18.2 Å². The molecule has 1 aromatic carbocycles. The largest absolute Gasteiger partial charge is 0.381 e. The quantitative estimate of drug-likeness (QED) is 0.798. The summed E-state index contributed by atoms with van der Waals surface area (Å²) < 4.78 is 47.4. The van der Waals surface area contributed by atoms with Gasteiger partial charge in [0, 0.05) is 30.7 Å². The normalized spacial score (nSPS) is 13.7. The predicted molar refractivity (Wildman–Crippen MR) is 92.8 cm³/mol. The first kappa shape index (κ1) is 18.5. The highest BCUT2D eigenvalue weighted by Crippen LogP contribution is 2.26. The molecule has 0 aliphatic carbocycles. The predicted octanol–water partition coefficient (Wildman–Crippen LogP) is 1.57. The number of benzene rings is 1. The van der Waals surface area contributed by atoms with E-state index in [2.05, 4.69) is 15.5 Å². The van der Waals surface area contributed by atoms with Crippen molar-refractivity contribution < 1.29 is 16.8 Å². The van der Waals surface area contributed by atoms with Crippen LogP contribution in [-0.4, -0.2) is 45.6 Å². The Bertz CT molecular complexity index is 947. The van der Waals surface area contributed by atoms with Crippen molar-refractivity contribution in [2.75, 3.05) is 17.8 Å². The molecule has 2 N–H and O–H groups in total. The Morgan fingerprint density at radius 1 is 1.12 bits per heavy atom. The molecule has 0 saturated carbocycles. The van der Waals surface area contributed by atoms with Gasteiger partial charge in [-0.3, -0.25) is 5.10 Å². The van der Waals surface area contributed by atoms with Crippen LogP contribution in [0, 0.1) is 6.92 Å². The third-order valence-electron chi connectivity index (χ3n) is 3.46. The second-order valence-electron chi connectivity index (χ2n) is 5.99. The molecule has 0 bridgehead atoms. The van der Waals surface area contributed by atoms with Crippen LogP contribution < -0.4 is 5.32 Å². The highest BCUT2D eigenvalue weighted by Gasteiger charge is 2.19. The van der Waals surface area contributed by atoms with E-state index in [-0.39, 0.29) is 15.8 Å². The van der Waals surface area contributed by atoms with E-state index >= 15 is 0 Å². The standard InChI is InChI=1S/C15H21N3O4S2/c1-10(7-12-8-11(2)17-18-12)16-14-6-5-13(23(3,19)20)9-15(14)24(4,21)22/h5-6,8-10,16H,7H2,1-4H3,(H,17,18). The van der Waals surface area contributed by atoms with E-state index < -0.39 is 19.7 Å². The molecule has 0 aliphatic heterocycles. The summed E-state index contributed by atoms with van der Waals surface area (Å²) in [6.07, 6.45) is 2.70. The van der Waals surface area contributed by atoms with Crippen LogP contribution in [0.4, 0.5) is 5.69 Å². The Kier molecular flexibility index (Phi) is 5.05. The number of H-pyrrole nitrogens is 1. The first-order valence-corrected chi connectivity index (χ1v) is 11.1. The number of sulfone groups is 2. The summed E-state index contributed by atoms with van der Waals surface area (Å²) in [5.41, 5.74) is 2.19. The van der Waals surface area contributed by atoms with Crippen molar-refractivity contribution in [3.8, 4) is 0 Å². The van der Waals surface area contributed by atoms with Gasteiger partial charge in [-0.2, -0.15) is 5.10 Å². The number of hydrogen-bond acceptors (Lipinski definition) is 6. The maximum Gasteiger partial charge on any atom is 0.177 e. The number of rotatable bonds is 6. The molecule has 1 aromatic heterocycles. The van der Waals surface area contributed by atoms with Crippen LogP contribution in [-0.2, 0) is 26.1 Å². The second-order valence-corrected chi connectivity index (χ2v) is 9.99. The van der Waals surface area contributed by atoms with Gasteiger partial charge in [0.1, 0.15) is 0 Å². The Labute approximate surface area is 142 Å². The monoisotopic (exact) mass is 371 g/mol. The van der Waals surface area contributed by atoms with Crippen LogP contribution in [0.25, 0.3) is 0 Å². The lowest BCUT2D eigenvalue weighted by Crippen LogP contribution is -2.20. The molecule has 0 spiro atoms. The molecule has 2 aromatic rings. The summed E-state index contributed by atoms with van der Waals surface area (Å²) in [6.45, 7) is 3.81. The van der Waals surface area contributed by atoms with E-state index in [1.807, 2.05) is 19.9 Å². The third-order valence-corrected chi connectivity index (χ3v) is 5.70. The first-order chi connectivity index (χ1) is 11.0. The lowest BCUT2D eigenvalue weighted by atomic mass is 10.1. The van der Waals surface area contributed by atoms with Crippen LogP contribution in [0.2, 0.25) is 0 Å². The van der Waals surface area contributed by atoms with Crippen molar-refractivity contribution in [2.24, 2.45) is 0 Å². The van der Waals surface area contributed by atoms with Crippen LogP contribution >= 0.6 is 0 Å². The molecule has 0 aliphatic rings. The average molecular weight is 371 g/mol. The smallest absolute Gasteiger partial charge is 0.177 e. The molecule has 7 nitrogen and oxygen atoms in total. The molecule has 1 heterocycles. The summed E-state index contributed by atoms with van der Waals surface area (Å²) in [4.78, 5) is -0.0560. The van der Waals surface area contributed by atoms with Gasteiger partial charge in [-0.25, -0.2) is 16.8 Å². The van der Waals surface area contributed by atoms with Gasteiger partial charge in [-0.05, 0) is 38.1 Å². The van der Waals surface area contributed by atoms with Gasteiger partial charge in [-0.1, -0.05) is 0 Å². The summed E-state index contributed by atoms with van der Waals surface area (Å²) in [5.74, 6) is 0. The van der Waals surface area contributed by atoms with Gasteiger partial charge in [0.05, 0.1) is 21.2 Å². The number of nitrogens with zero attached hydrogens (tertiary/aromatic N) is 1. The summed E-state index contributed by atoms with van der Waals surface area (Å²) in [5, 5.41) is 10.1. The molecule has 1 unspecified atom stereocenters. The zero-order valence-corrected chi connectivity index (χ0v) is 15.6. The molecule has 0 amide bonds. The lowest BCUT2D eigenvalue weighted by molar-refractivity contribution is 0.600. The molecular weight excluding hydrogens is 350 g/mol. The minimum atomic E-state index is -3.58. The summed E-state index contributed by atoms with van der Waals surface area (Å²) >= 11 is 0. The van der Waals surface area contributed by atoms with Gasteiger partial charge in [-0.15, -0.1) is 0 Å². The maximum atomic E-state index is 12.0. The van der Waals surface area contributed by atoms with E-state index in [4.69, 9.17) is 0 Å². The summed E-state index contributed by atoms with van der Waals surface area (Å²) in [7, 11) is -7.06. The van der Waals surface area contributed by atoms with Crippen molar-refractivity contribution in [3.63, 3.8) is 0 Å². The number of hydrogen-bond donors (Lipinski definition) is 2. The van der Waals surface area contributed by atoms with Crippen molar-refractivity contribution >= 4 is 25.4 Å². The van der Waals surface area contributed by atoms with Crippen LogP contribution in [0.3, 0.4) is 0 Å². The molecule has 0 radical (unpaired) electrons. The van der Waals surface area contributed by atoms with Gasteiger partial charge in [0.2, 0.25) is 0 Å². The topological polar surface area (TPSA) is 109 Å². The molecule has 1 atom stereocenters. The minimum absolute atomic E-state index is 0.0240. The number of nitrogens with one attached hydrogen (secondary N) is 2. The van der Waals surface area contributed by atoms with Crippen LogP contribution in [0.15, 0.2) is 34.1 Å². The van der Waals surface area contributed by atoms with E-state index in [1.54, 1.807) is 0 Å². The first-order valence-electron chi connectivity index (χ1n) is 7.28. The Morgan fingerprint density at radius 3 is 2.29 bits per heavy atom. The number of aromatic nitrogens is 2. The Hall–Kier alpha value is -1.87. The highest BCUT2D eigenvalue weighted by molar-refractivity contribution is 7.91. The average Bonchev–Trinajstić information content (AvgIpc) is 2.81. The van der Waals surface area contributed by atoms with Crippen molar-refractivity contribution in [2.45, 2.75) is 36.1 Å². The van der Waals surface area contributed by atoms with Crippen molar-refractivity contribution in [1.29, 1.82) is 0 Å². The minimum Gasteiger partial charge on any atom is -0.381 e. The van der Waals surface area contributed by atoms with E-state index in [9.17, 15) is 16.8 Å². The fourth-order valence-corrected chi connectivity index (χ4v) is 3.96. The van der Waals surface area contributed by atoms with Gasteiger partial charge >= 0.3 is 0 Å². The van der Waals surface area contributed by atoms with Crippen molar-refractivity contribution in [1.82, 2.24) is 10.2 Å². The summed E-state index contributed by atoms with van der Waals surface area (Å²) in [6, 6.07) is 5.91. The number of aromatic amines is 1. The van der Waals surface area contributed by atoms with E-state index in [0.29, 0.717) is 12.1 Å². The fourth-order valence-electron chi connectivity index (χ4n) is 2.37. The van der Waals surface area contributed by atoms with Gasteiger partial charge in [0.25, 0.3) is 0 Å². The lowest BCUT2D eigenvalue weighted by Gasteiger charge is -2.17. The highest BCUT2D eigenvalue weighted by atomic mass is 32.2. The Morgan fingerprint density at radius 2 is 1.79 bits per heavy atom. The maximum absolute atomic E-state index is 12.0. The van der Waals surface area contributed by atoms with E-state index in [0.717, 1.165) is 23.9 Å².